The van der Waals surface area contributed by atoms with Crippen molar-refractivity contribution in [1.29, 1.82) is 0 Å². The number of benzene rings is 1. The van der Waals surface area contributed by atoms with Crippen LogP contribution in [0.15, 0.2) is 24.3 Å². The van der Waals surface area contributed by atoms with Crippen molar-refractivity contribution in [2.75, 3.05) is 37.6 Å². The molecule has 0 radical (unpaired) electrons. The third-order valence-electron chi connectivity index (χ3n) is 3.48. The molecule has 1 atom stereocenters. The quantitative estimate of drug-likeness (QED) is 0.662. The molecule has 0 aliphatic carbocycles. The van der Waals surface area contributed by atoms with Gasteiger partial charge in [-0.1, -0.05) is 0 Å². The molecule has 1 aliphatic heterocycles. The second kappa shape index (κ2) is 7.74. The molecule has 1 aromatic rings. The number of nitrogens with zero attached hydrogens (tertiary/aromatic N) is 1. The molecule has 1 heterocycles. The Hall–Kier alpha value is -2.15. The molecule has 1 aromatic carbocycles. The van der Waals surface area contributed by atoms with Crippen LogP contribution in [0.3, 0.4) is 0 Å². The second-order valence-corrected chi connectivity index (χ2v) is 5.20. The fourth-order valence-electron chi connectivity index (χ4n) is 2.36. The highest BCUT2D eigenvalue weighted by molar-refractivity contribution is 5.83. The Labute approximate surface area is 129 Å². The summed E-state index contributed by atoms with van der Waals surface area (Å²) in [5, 5.41) is 8.57. The van der Waals surface area contributed by atoms with Crippen LogP contribution in [0.1, 0.15) is 6.92 Å². The topological polar surface area (TPSA) is 73.5 Å². The lowest BCUT2D eigenvalue weighted by molar-refractivity contribution is -0.123. The Morgan fingerprint density at radius 2 is 1.95 bits per heavy atom. The van der Waals surface area contributed by atoms with E-state index in [9.17, 15) is 14.0 Å². The zero-order valence-electron chi connectivity index (χ0n) is 12.6. The van der Waals surface area contributed by atoms with Gasteiger partial charge in [-0.15, -0.1) is 0 Å². The van der Waals surface area contributed by atoms with Crippen LogP contribution >= 0.6 is 0 Å². The van der Waals surface area contributed by atoms with Crippen molar-refractivity contribution < 1.29 is 14.0 Å². The first-order chi connectivity index (χ1) is 10.6. The summed E-state index contributed by atoms with van der Waals surface area (Å²) in [6.07, 6.45) is 0. The predicted molar refractivity (Wildman–Crippen MR) is 82.1 cm³/mol. The molecule has 0 saturated carbocycles. The molecule has 7 heteroatoms. The highest BCUT2D eigenvalue weighted by Crippen LogP contribution is 2.16. The molecule has 1 fully saturated rings. The number of rotatable bonds is 5. The molecule has 22 heavy (non-hydrogen) atoms. The Bertz CT molecular complexity index is 521. The number of amides is 2. The minimum absolute atomic E-state index is 0.0998. The molecule has 0 bridgehead atoms. The first-order valence-electron chi connectivity index (χ1n) is 7.32. The van der Waals surface area contributed by atoms with Crippen LogP contribution in [0.5, 0.6) is 0 Å². The Morgan fingerprint density at radius 1 is 1.27 bits per heavy atom. The maximum Gasteiger partial charge on any atom is 0.239 e. The maximum absolute atomic E-state index is 13.0. The summed E-state index contributed by atoms with van der Waals surface area (Å²) in [6.45, 7) is 4.22. The van der Waals surface area contributed by atoms with E-state index in [1.54, 1.807) is 12.1 Å². The standard InChI is InChI=1S/C15H21FN4O2/c1-11(21)17-6-7-19-15(22)14-10-20(9-8-18-14)13-4-2-12(16)3-5-13/h2-5,14,18H,6-10H2,1H3,(H,17,21)(H,19,22)/t14-/m1/s1. The van der Waals surface area contributed by atoms with E-state index in [2.05, 4.69) is 16.0 Å². The van der Waals surface area contributed by atoms with Gasteiger partial charge in [0.25, 0.3) is 0 Å². The minimum Gasteiger partial charge on any atom is -0.368 e. The monoisotopic (exact) mass is 308 g/mol. The molecule has 1 saturated heterocycles. The maximum atomic E-state index is 13.0. The zero-order chi connectivity index (χ0) is 15.9. The van der Waals surface area contributed by atoms with Gasteiger partial charge < -0.3 is 20.9 Å². The number of nitrogens with one attached hydrogen (secondary N) is 3. The third-order valence-corrected chi connectivity index (χ3v) is 3.48. The average Bonchev–Trinajstić information content (AvgIpc) is 2.52. The van der Waals surface area contributed by atoms with Crippen molar-refractivity contribution in [3.63, 3.8) is 0 Å². The van der Waals surface area contributed by atoms with Crippen LogP contribution in [0, 0.1) is 5.82 Å². The normalized spacial score (nSPS) is 17.9. The van der Waals surface area contributed by atoms with Crippen LogP contribution in [0.25, 0.3) is 0 Å². The average molecular weight is 308 g/mol. The van der Waals surface area contributed by atoms with Crippen molar-refractivity contribution in [3.05, 3.63) is 30.1 Å². The molecular weight excluding hydrogens is 287 g/mol. The fourth-order valence-corrected chi connectivity index (χ4v) is 2.36. The van der Waals surface area contributed by atoms with Gasteiger partial charge in [0.1, 0.15) is 11.9 Å². The van der Waals surface area contributed by atoms with Gasteiger partial charge in [0.15, 0.2) is 0 Å². The summed E-state index contributed by atoms with van der Waals surface area (Å²) in [5.74, 6) is -0.490. The first kappa shape index (κ1) is 16.2. The van der Waals surface area contributed by atoms with Crippen LogP contribution in [0.4, 0.5) is 10.1 Å². The Balaban J connectivity index is 1.83. The zero-order valence-corrected chi connectivity index (χ0v) is 12.6. The second-order valence-electron chi connectivity index (χ2n) is 5.20. The summed E-state index contributed by atoms with van der Waals surface area (Å²) in [4.78, 5) is 24.9. The van der Waals surface area contributed by atoms with Crippen LogP contribution < -0.4 is 20.9 Å². The number of hydrogen-bond acceptors (Lipinski definition) is 4. The molecular formula is C15H21FN4O2. The number of hydrogen-bond donors (Lipinski definition) is 3. The summed E-state index contributed by atoms with van der Waals surface area (Å²) in [5.41, 5.74) is 0.902. The van der Waals surface area contributed by atoms with Gasteiger partial charge in [-0.25, -0.2) is 4.39 Å². The van der Waals surface area contributed by atoms with Gasteiger partial charge >= 0.3 is 0 Å². The molecule has 0 unspecified atom stereocenters. The lowest BCUT2D eigenvalue weighted by Crippen LogP contribution is -2.57. The van der Waals surface area contributed by atoms with E-state index in [1.165, 1.54) is 19.1 Å². The lowest BCUT2D eigenvalue weighted by Gasteiger charge is -2.34. The number of carbonyl (C=O) groups excluding carboxylic acids is 2. The number of piperazine rings is 1. The Morgan fingerprint density at radius 3 is 2.64 bits per heavy atom. The van der Waals surface area contributed by atoms with Gasteiger partial charge in [0.2, 0.25) is 11.8 Å². The van der Waals surface area contributed by atoms with Crippen molar-refractivity contribution in [2.45, 2.75) is 13.0 Å². The van der Waals surface area contributed by atoms with E-state index in [0.717, 1.165) is 12.2 Å². The van der Waals surface area contributed by atoms with E-state index in [4.69, 9.17) is 0 Å². The van der Waals surface area contributed by atoms with E-state index in [-0.39, 0.29) is 23.7 Å². The van der Waals surface area contributed by atoms with Gasteiger partial charge in [-0.2, -0.15) is 0 Å². The van der Waals surface area contributed by atoms with Crippen molar-refractivity contribution in [3.8, 4) is 0 Å². The molecule has 0 spiro atoms. The molecule has 2 rings (SSSR count). The largest absolute Gasteiger partial charge is 0.368 e. The van der Waals surface area contributed by atoms with E-state index < -0.39 is 0 Å². The number of anilines is 1. The Kier molecular flexibility index (Phi) is 5.71. The summed E-state index contributed by atoms with van der Waals surface area (Å²) in [7, 11) is 0. The number of carbonyl (C=O) groups is 2. The number of halogens is 1. The van der Waals surface area contributed by atoms with Gasteiger partial charge in [-0.3, -0.25) is 9.59 Å². The van der Waals surface area contributed by atoms with Gasteiger partial charge in [-0.05, 0) is 24.3 Å². The smallest absolute Gasteiger partial charge is 0.239 e. The predicted octanol–water partition coefficient (Wildman–Crippen LogP) is -0.144. The van der Waals surface area contributed by atoms with E-state index >= 15 is 0 Å². The highest BCUT2D eigenvalue weighted by Gasteiger charge is 2.25. The molecule has 120 valence electrons. The van der Waals surface area contributed by atoms with Crippen molar-refractivity contribution in [1.82, 2.24) is 16.0 Å². The summed E-state index contributed by atoms with van der Waals surface area (Å²) in [6, 6.07) is 5.94. The van der Waals surface area contributed by atoms with Gasteiger partial charge in [0.05, 0.1) is 0 Å². The molecule has 2 amide bonds. The first-order valence-corrected chi connectivity index (χ1v) is 7.32. The molecule has 0 aromatic heterocycles. The fraction of sp³-hybridized carbons (Fsp3) is 0.467. The molecule has 6 nitrogen and oxygen atoms in total. The SMILES string of the molecule is CC(=O)NCCNC(=O)[C@H]1CN(c2ccc(F)cc2)CCN1. The summed E-state index contributed by atoms with van der Waals surface area (Å²) >= 11 is 0. The van der Waals surface area contributed by atoms with Crippen molar-refractivity contribution in [2.24, 2.45) is 0 Å². The van der Waals surface area contributed by atoms with Crippen LogP contribution in [-0.2, 0) is 9.59 Å². The highest BCUT2D eigenvalue weighted by atomic mass is 19.1. The molecule has 1 aliphatic rings. The summed E-state index contributed by atoms with van der Waals surface area (Å²) < 4.78 is 13.0. The third kappa shape index (κ3) is 4.70. The van der Waals surface area contributed by atoms with Crippen LogP contribution in [-0.4, -0.2) is 50.6 Å². The van der Waals surface area contributed by atoms with Gasteiger partial charge in [0, 0.05) is 45.3 Å². The minimum atomic E-state index is -0.323. The lowest BCUT2D eigenvalue weighted by atomic mass is 10.1. The molecule has 3 N–H and O–H groups in total. The van der Waals surface area contributed by atoms with E-state index in [0.29, 0.717) is 26.2 Å². The van der Waals surface area contributed by atoms with E-state index in [1.807, 2.05) is 4.90 Å². The van der Waals surface area contributed by atoms with Crippen molar-refractivity contribution >= 4 is 17.5 Å². The van der Waals surface area contributed by atoms with Crippen LogP contribution in [0.2, 0.25) is 0 Å².